The molecule has 2 N–H and O–H groups in total. The fraction of sp³-hybridized carbons (Fsp3) is 0.462. The zero-order valence-electron chi connectivity index (χ0n) is 10.7. The molecule has 0 radical (unpaired) electrons. The van der Waals surface area contributed by atoms with Crippen molar-refractivity contribution in [3.63, 3.8) is 0 Å². The number of morpholine rings is 1. The largest absolute Gasteiger partial charge is 0.496 e. The molecule has 19 heavy (non-hydrogen) atoms. The highest BCUT2D eigenvalue weighted by molar-refractivity contribution is 9.10. The average Bonchev–Trinajstić information content (AvgIpc) is 2.46. The van der Waals surface area contributed by atoms with E-state index in [1.807, 2.05) is 18.2 Å². The van der Waals surface area contributed by atoms with Gasteiger partial charge in [0.1, 0.15) is 11.9 Å². The van der Waals surface area contributed by atoms with Crippen LogP contribution in [0.4, 0.5) is 0 Å². The Morgan fingerprint density at radius 2 is 2.47 bits per heavy atom. The molecule has 1 aliphatic rings. The molecule has 1 atom stereocenters. The molecule has 0 spiro atoms. The van der Waals surface area contributed by atoms with Crippen LogP contribution in [-0.4, -0.2) is 38.8 Å². The molecule has 1 aromatic carbocycles. The number of nitrogens with one attached hydrogen (secondary N) is 2. The maximum absolute atomic E-state index is 11.9. The summed E-state index contributed by atoms with van der Waals surface area (Å²) in [4.78, 5) is 11.9. The van der Waals surface area contributed by atoms with E-state index < -0.39 is 6.10 Å². The summed E-state index contributed by atoms with van der Waals surface area (Å²) in [5, 5.41) is 6.00. The summed E-state index contributed by atoms with van der Waals surface area (Å²) >= 11 is 3.42. The number of ether oxygens (including phenoxy) is 2. The van der Waals surface area contributed by atoms with Crippen molar-refractivity contribution >= 4 is 21.8 Å². The third-order valence-corrected chi connectivity index (χ3v) is 3.52. The Morgan fingerprint density at radius 1 is 1.63 bits per heavy atom. The quantitative estimate of drug-likeness (QED) is 0.867. The van der Waals surface area contributed by atoms with Gasteiger partial charge in [-0.3, -0.25) is 4.79 Å². The molecule has 0 saturated carbocycles. The second-order valence-corrected chi connectivity index (χ2v) is 5.10. The Labute approximate surface area is 120 Å². The van der Waals surface area contributed by atoms with Crippen LogP contribution in [0.25, 0.3) is 0 Å². The van der Waals surface area contributed by atoms with Gasteiger partial charge in [0.15, 0.2) is 0 Å². The number of hydrogen-bond acceptors (Lipinski definition) is 4. The Bertz CT molecular complexity index is 448. The van der Waals surface area contributed by atoms with Gasteiger partial charge >= 0.3 is 0 Å². The van der Waals surface area contributed by atoms with Crippen molar-refractivity contribution in [2.45, 2.75) is 12.6 Å². The minimum Gasteiger partial charge on any atom is -0.496 e. The van der Waals surface area contributed by atoms with E-state index in [-0.39, 0.29) is 5.91 Å². The monoisotopic (exact) mass is 328 g/mol. The average molecular weight is 329 g/mol. The van der Waals surface area contributed by atoms with Crippen LogP contribution in [0.3, 0.4) is 0 Å². The molecule has 6 heteroatoms. The van der Waals surface area contributed by atoms with Gasteiger partial charge in [-0.2, -0.15) is 0 Å². The molecule has 1 unspecified atom stereocenters. The highest BCUT2D eigenvalue weighted by atomic mass is 79.9. The van der Waals surface area contributed by atoms with Gasteiger partial charge in [-0.15, -0.1) is 0 Å². The summed E-state index contributed by atoms with van der Waals surface area (Å²) in [7, 11) is 1.62. The molecule has 2 rings (SSSR count). The van der Waals surface area contributed by atoms with Gasteiger partial charge in [-0.05, 0) is 33.6 Å². The molecule has 1 aromatic rings. The van der Waals surface area contributed by atoms with Gasteiger partial charge in [0, 0.05) is 19.6 Å². The van der Waals surface area contributed by atoms with Gasteiger partial charge in [0.25, 0.3) is 5.91 Å². The van der Waals surface area contributed by atoms with Crippen molar-refractivity contribution in [2.75, 3.05) is 26.8 Å². The van der Waals surface area contributed by atoms with Crippen molar-refractivity contribution < 1.29 is 14.3 Å². The Kier molecular flexibility index (Phi) is 5.18. The predicted octanol–water partition coefficient (Wildman–Crippen LogP) is 1.06. The Hall–Kier alpha value is -1.11. The molecule has 1 aliphatic heterocycles. The highest BCUT2D eigenvalue weighted by Crippen LogP contribution is 2.25. The number of carbonyl (C=O) groups is 1. The van der Waals surface area contributed by atoms with Crippen LogP contribution < -0.4 is 15.4 Å². The van der Waals surface area contributed by atoms with Crippen LogP contribution in [0.15, 0.2) is 22.7 Å². The maximum atomic E-state index is 11.9. The number of hydrogen-bond donors (Lipinski definition) is 2. The number of carbonyl (C=O) groups excluding carboxylic acids is 1. The first-order valence-corrected chi connectivity index (χ1v) is 6.92. The molecular formula is C13H17BrN2O3. The number of amides is 1. The van der Waals surface area contributed by atoms with Crippen LogP contribution in [-0.2, 0) is 16.1 Å². The van der Waals surface area contributed by atoms with E-state index in [0.29, 0.717) is 19.7 Å². The molecule has 104 valence electrons. The molecule has 5 nitrogen and oxygen atoms in total. The fourth-order valence-electron chi connectivity index (χ4n) is 1.86. The van der Waals surface area contributed by atoms with Gasteiger partial charge < -0.3 is 20.1 Å². The first-order valence-electron chi connectivity index (χ1n) is 6.13. The topological polar surface area (TPSA) is 59.6 Å². The predicted molar refractivity (Wildman–Crippen MR) is 75.2 cm³/mol. The van der Waals surface area contributed by atoms with E-state index in [4.69, 9.17) is 9.47 Å². The number of methoxy groups -OCH3 is 1. The lowest BCUT2D eigenvalue weighted by Gasteiger charge is -2.22. The second kappa shape index (κ2) is 6.88. The molecule has 1 amide bonds. The molecule has 1 heterocycles. The first kappa shape index (κ1) is 14.3. The minimum absolute atomic E-state index is 0.0841. The van der Waals surface area contributed by atoms with E-state index in [0.717, 1.165) is 22.3 Å². The maximum Gasteiger partial charge on any atom is 0.250 e. The second-order valence-electron chi connectivity index (χ2n) is 4.25. The third-order valence-electron chi connectivity index (χ3n) is 2.90. The zero-order valence-corrected chi connectivity index (χ0v) is 12.3. The SMILES string of the molecule is COc1ccc(CNC(=O)C2CNCCO2)cc1Br. The third kappa shape index (κ3) is 3.92. The zero-order chi connectivity index (χ0) is 13.7. The molecule has 0 aromatic heterocycles. The molecule has 0 bridgehead atoms. The van der Waals surface area contributed by atoms with Crippen LogP contribution >= 0.6 is 15.9 Å². The fourth-order valence-corrected chi connectivity index (χ4v) is 2.44. The summed E-state index contributed by atoms with van der Waals surface area (Å²) in [5.41, 5.74) is 1.00. The van der Waals surface area contributed by atoms with Gasteiger partial charge in [0.2, 0.25) is 0 Å². The first-order chi connectivity index (χ1) is 9.20. The normalized spacial score (nSPS) is 18.9. The van der Waals surface area contributed by atoms with Gasteiger partial charge in [-0.25, -0.2) is 0 Å². The van der Waals surface area contributed by atoms with Crippen molar-refractivity contribution in [1.29, 1.82) is 0 Å². The summed E-state index contributed by atoms with van der Waals surface area (Å²) in [6.07, 6.45) is -0.393. The highest BCUT2D eigenvalue weighted by Gasteiger charge is 2.21. The number of rotatable bonds is 4. The summed E-state index contributed by atoms with van der Waals surface area (Å²) in [6, 6.07) is 5.72. The van der Waals surface area contributed by atoms with Crippen LogP contribution in [0, 0.1) is 0 Å². The van der Waals surface area contributed by atoms with E-state index in [2.05, 4.69) is 26.6 Å². The van der Waals surface area contributed by atoms with Crippen LogP contribution in [0.5, 0.6) is 5.75 Å². The van der Waals surface area contributed by atoms with Crippen molar-refractivity contribution in [2.24, 2.45) is 0 Å². The van der Waals surface area contributed by atoms with E-state index in [9.17, 15) is 4.79 Å². The van der Waals surface area contributed by atoms with E-state index >= 15 is 0 Å². The van der Waals surface area contributed by atoms with Crippen molar-refractivity contribution in [3.8, 4) is 5.75 Å². The standard InChI is InChI=1S/C13H17BrN2O3/c1-18-11-3-2-9(6-10(11)14)7-16-13(17)12-8-15-4-5-19-12/h2-3,6,12,15H,4-5,7-8H2,1H3,(H,16,17). The van der Waals surface area contributed by atoms with E-state index in [1.165, 1.54) is 0 Å². The lowest BCUT2D eigenvalue weighted by molar-refractivity contribution is -0.134. The lowest BCUT2D eigenvalue weighted by atomic mass is 10.2. The van der Waals surface area contributed by atoms with Gasteiger partial charge in [-0.1, -0.05) is 6.07 Å². The van der Waals surface area contributed by atoms with Gasteiger partial charge in [0.05, 0.1) is 18.2 Å². The molecule has 1 saturated heterocycles. The smallest absolute Gasteiger partial charge is 0.250 e. The summed E-state index contributed by atoms with van der Waals surface area (Å²) < 4.78 is 11.4. The molecule has 1 fully saturated rings. The van der Waals surface area contributed by atoms with Crippen LogP contribution in [0.1, 0.15) is 5.56 Å². The van der Waals surface area contributed by atoms with Crippen LogP contribution in [0.2, 0.25) is 0 Å². The molecular weight excluding hydrogens is 312 g/mol. The number of benzene rings is 1. The van der Waals surface area contributed by atoms with Crippen molar-refractivity contribution in [1.82, 2.24) is 10.6 Å². The Morgan fingerprint density at radius 3 is 3.11 bits per heavy atom. The molecule has 0 aliphatic carbocycles. The van der Waals surface area contributed by atoms with E-state index in [1.54, 1.807) is 7.11 Å². The van der Waals surface area contributed by atoms with Crippen molar-refractivity contribution in [3.05, 3.63) is 28.2 Å². The lowest BCUT2D eigenvalue weighted by Crippen LogP contribution is -2.47. The summed E-state index contributed by atoms with van der Waals surface area (Å²) in [5.74, 6) is 0.689. The Balaban J connectivity index is 1.87. The summed E-state index contributed by atoms with van der Waals surface area (Å²) in [6.45, 7) is 2.42. The number of halogens is 1. The minimum atomic E-state index is -0.393.